The van der Waals surface area contributed by atoms with Gasteiger partial charge < -0.3 is 31.8 Å². The number of nitrogens with two attached hydrogens (primary N) is 3. The Bertz CT molecular complexity index is 4400. The van der Waals surface area contributed by atoms with Crippen LogP contribution in [-0.4, -0.2) is 154 Å². The molecule has 10 rings (SSSR count). The normalized spacial score (nSPS) is 11.6. The summed E-state index contributed by atoms with van der Waals surface area (Å²) in [4.78, 5) is 68.1. The second kappa shape index (κ2) is 26.7. The smallest absolute Gasteiger partial charge is 0.343 e. The lowest BCUT2D eigenvalue weighted by atomic mass is 10.2. The third-order valence-electron chi connectivity index (χ3n) is 13.5. The Morgan fingerprint density at radius 3 is 1.35 bits per heavy atom. The first-order valence-electron chi connectivity index (χ1n) is 27.0. The number of anilines is 3. The third-order valence-corrected chi connectivity index (χ3v) is 13.5. The lowest BCUT2D eigenvalue weighted by Gasteiger charge is -2.05. The molecule has 0 radical (unpaired) electrons. The highest BCUT2D eigenvalue weighted by molar-refractivity contribution is 6.34. The van der Waals surface area contributed by atoms with Gasteiger partial charge in [-0.1, -0.05) is 13.3 Å². The lowest BCUT2D eigenvalue weighted by Crippen LogP contribution is -2.08. The molecule has 39 heteroatoms. The van der Waals surface area contributed by atoms with Crippen molar-refractivity contribution in [3.05, 3.63) is 100 Å². The van der Waals surface area contributed by atoms with Crippen LogP contribution in [-0.2, 0) is 48.9 Å². The number of esters is 2. The average Bonchev–Trinajstić information content (AvgIpc) is 1.68. The number of unbranched alkanes of at least 4 members (excludes halogenated alkanes) is 1. The van der Waals surface area contributed by atoms with Crippen molar-refractivity contribution >= 4 is 93.3 Å². The molecule has 10 heterocycles. The van der Waals surface area contributed by atoms with Crippen molar-refractivity contribution in [1.29, 1.82) is 0 Å². The molecular weight excluding hydrogens is 1190 g/mol. The van der Waals surface area contributed by atoms with E-state index in [1.807, 2.05) is 6.92 Å². The topological polar surface area (TPSA) is 495 Å². The van der Waals surface area contributed by atoms with E-state index in [0.29, 0.717) is 52.2 Å². The van der Waals surface area contributed by atoms with E-state index in [1.165, 1.54) is 84.2 Å². The molecule has 10 aromatic heterocycles. The summed E-state index contributed by atoms with van der Waals surface area (Å²) in [6.45, 7) is 8.29. The molecule has 0 fully saturated rings. The van der Waals surface area contributed by atoms with Gasteiger partial charge in [-0.2, -0.15) is 54.8 Å². The van der Waals surface area contributed by atoms with Crippen LogP contribution in [0.2, 0.25) is 0 Å². The molecule has 0 amide bonds. The average molecular weight is 1240 g/mol. The minimum Gasteiger partial charge on any atom is -0.465 e. The number of hydrogen-bond donors (Lipinski definition) is 4. The van der Waals surface area contributed by atoms with Crippen LogP contribution in [0.15, 0.2) is 90.2 Å². The fraction of sp³-hybridized carbons (Fsp3) is 0.288. The van der Waals surface area contributed by atoms with E-state index in [0.717, 1.165) is 12.8 Å². The predicted molar refractivity (Wildman–Crippen MR) is 317 cm³/mol. The number of methoxy groups -OCH3 is 2. The van der Waals surface area contributed by atoms with E-state index in [4.69, 9.17) is 26.7 Å². The fourth-order valence-electron chi connectivity index (χ4n) is 8.63. The Labute approximate surface area is 513 Å². The van der Waals surface area contributed by atoms with Crippen LogP contribution in [0.3, 0.4) is 0 Å². The van der Waals surface area contributed by atoms with Crippen LogP contribution in [0.4, 0.5) is 63.5 Å². The van der Waals surface area contributed by atoms with Crippen molar-refractivity contribution in [3.8, 4) is 23.3 Å². The Morgan fingerprint density at radius 2 is 0.901 bits per heavy atom. The first-order chi connectivity index (χ1) is 43.6. The number of aromatic nitrogens is 20. The molecule has 0 aliphatic rings. The molecule has 0 aromatic carbocycles. The number of Topliss-reactive ketones (excluding diaryl/α,β-unsaturated/α-hetero) is 2. The molecule has 0 atom stereocenters. The summed E-state index contributed by atoms with van der Waals surface area (Å²) >= 11 is 0. The van der Waals surface area contributed by atoms with Crippen molar-refractivity contribution in [1.82, 2.24) is 98.4 Å². The van der Waals surface area contributed by atoms with E-state index in [9.17, 15) is 29.1 Å². The number of nitrogens with zero attached hydrogens (tertiary/aromatic N) is 28. The van der Waals surface area contributed by atoms with Crippen LogP contribution in [0, 0.1) is 27.7 Å². The lowest BCUT2D eigenvalue weighted by molar-refractivity contribution is -0.104. The zero-order valence-electron chi connectivity index (χ0n) is 50.6. The second-order valence-corrected chi connectivity index (χ2v) is 19.4. The number of nitrogen functional groups attached to an aromatic ring is 3. The van der Waals surface area contributed by atoms with E-state index in [1.54, 1.807) is 72.7 Å². The van der Waals surface area contributed by atoms with Gasteiger partial charge in [-0.25, -0.2) is 43.0 Å². The van der Waals surface area contributed by atoms with Gasteiger partial charge in [-0.15, -0.1) is 51.1 Å². The number of azo groups is 4. The van der Waals surface area contributed by atoms with Crippen molar-refractivity contribution in [2.45, 2.75) is 53.9 Å². The minimum absolute atomic E-state index is 0.00876. The second-order valence-electron chi connectivity index (χ2n) is 19.4. The molecule has 39 nitrogen and oxygen atoms in total. The summed E-state index contributed by atoms with van der Waals surface area (Å²) in [5, 5.41) is 85.5. The van der Waals surface area contributed by atoms with Gasteiger partial charge in [0.2, 0.25) is 5.78 Å². The Hall–Kier alpha value is -12.5. The zero-order chi connectivity index (χ0) is 65.5. The van der Waals surface area contributed by atoms with Gasteiger partial charge in [-0.05, 0) is 52.7 Å². The monoisotopic (exact) mass is 1240 g/mol. The number of aliphatic hydroxyl groups is 1. The van der Waals surface area contributed by atoms with Crippen LogP contribution in [0.1, 0.15) is 89.7 Å². The maximum absolute atomic E-state index is 12.1. The molecule has 0 spiro atoms. The number of aliphatic hydroxyl groups excluding tert-OH is 1. The summed E-state index contributed by atoms with van der Waals surface area (Å²) in [7, 11) is 8.94. The minimum atomic E-state index is -0.776. The number of aldehydes is 1. The maximum Gasteiger partial charge on any atom is 0.343 e. The zero-order valence-corrected chi connectivity index (χ0v) is 50.6. The van der Waals surface area contributed by atoms with E-state index in [2.05, 4.69) is 102 Å². The first-order valence-corrected chi connectivity index (χ1v) is 27.0. The highest BCUT2D eigenvalue weighted by atomic mass is 16.5. The molecule has 10 aromatic rings. The van der Waals surface area contributed by atoms with Crippen molar-refractivity contribution in [3.63, 3.8) is 0 Å². The van der Waals surface area contributed by atoms with Crippen molar-refractivity contribution in [2.75, 3.05) is 38.0 Å². The molecular formula is C52H57N31O8. The van der Waals surface area contributed by atoms with Gasteiger partial charge in [0.1, 0.15) is 23.4 Å². The summed E-state index contributed by atoms with van der Waals surface area (Å²) in [5.74, 6) is -0.197. The molecule has 0 bridgehead atoms. The third kappa shape index (κ3) is 12.6. The highest BCUT2D eigenvalue weighted by Crippen LogP contribution is 2.36. The van der Waals surface area contributed by atoms with E-state index in [-0.39, 0.29) is 98.0 Å². The van der Waals surface area contributed by atoms with Crippen LogP contribution >= 0.6 is 0 Å². The van der Waals surface area contributed by atoms with Crippen LogP contribution in [0.25, 0.3) is 23.3 Å². The SMILES string of the molecule is CCCCc1nn(-c2cnc(-n3nc(C)c(N=Nc4c(C(=O)OC)cnn4C)c3N)cn2)c(N)c1N=Nc1c(C(=O)C=O)cnn1C.COC(=O)c1cnn(C)c1N=Nc1c(C)nn(-c2ccc(-n3nc(C)c(N=Nc4c(C(=O)CO)cnn4C)c3N)nn2)c1C. The number of aryl methyl sites for hydroxylation is 8. The largest absolute Gasteiger partial charge is 0.465 e. The highest BCUT2D eigenvalue weighted by Gasteiger charge is 2.25. The van der Waals surface area contributed by atoms with Gasteiger partial charge in [0.25, 0.3) is 0 Å². The molecule has 7 N–H and O–H groups in total. The molecule has 468 valence electrons. The van der Waals surface area contributed by atoms with Crippen LogP contribution in [0.5, 0.6) is 0 Å². The predicted octanol–water partition coefficient (Wildman–Crippen LogP) is 5.74. The first kappa shape index (κ1) is 63.1. The van der Waals surface area contributed by atoms with Gasteiger partial charge in [0.15, 0.2) is 93.1 Å². The number of rotatable bonds is 21. The maximum atomic E-state index is 12.1. The van der Waals surface area contributed by atoms with Crippen molar-refractivity contribution < 1.29 is 38.6 Å². The Kier molecular flexibility index (Phi) is 18.5. The van der Waals surface area contributed by atoms with Crippen molar-refractivity contribution in [2.24, 2.45) is 69.1 Å². The Balaban J connectivity index is 0.000000216. The van der Waals surface area contributed by atoms with Gasteiger partial charge in [-0.3, -0.25) is 14.4 Å². The summed E-state index contributed by atoms with van der Waals surface area (Å²) in [6, 6.07) is 3.33. The fourth-order valence-corrected chi connectivity index (χ4v) is 8.63. The number of carbonyl (C=O) groups excluding carboxylic acids is 5. The van der Waals surface area contributed by atoms with Gasteiger partial charge >= 0.3 is 11.9 Å². The van der Waals surface area contributed by atoms with Crippen LogP contribution < -0.4 is 17.2 Å². The molecule has 0 unspecified atom stereocenters. The van der Waals surface area contributed by atoms with E-state index < -0.39 is 30.1 Å². The molecule has 0 aliphatic heterocycles. The van der Waals surface area contributed by atoms with Gasteiger partial charge in [0.05, 0.1) is 91.0 Å². The standard InChI is InChI=1S/C27H30N16O4.C25H27N15O4/c1-6-7-8-17-22(35-36-25-15(18(45)13-44)9-32-40(25)3)24(29)43(39-17)20-12-30-19(11-31-20)42-23(28)21(14(2)38-42)34-37-26-16(27(46)47-5)10-33-41(26)4;1-12-20(31-34-24-16(25(43)44-6)10-28-38(24)5)14(3)39(35-12)18-7-8-19(30-29-18)40-22(26)21(13(2)36-40)32-33-23-15(17(42)11-41)9-27-37(23)4/h9-13H,6-8,28-29H2,1-5H3;7-10,41H,11,26H2,1-6H3. The number of carbonyl (C=O) groups is 5. The number of ether oxygens (including phenoxy) is 2. The number of ketones is 2. The molecule has 0 aliphatic carbocycles. The number of hydrogen-bond acceptors (Lipinski definition) is 31. The van der Waals surface area contributed by atoms with Gasteiger partial charge in [0, 0.05) is 28.2 Å². The van der Waals surface area contributed by atoms with E-state index >= 15 is 0 Å². The summed E-state index contributed by atoms with van der Waals surface area (Å²) < 4.78 is 20.7. The molecule has 91 heavy (non-hydrogen) atoms. The summed E-state index contributed by atoms with van der Waals surface area (Å²) in [5.41, 5.74) is 23.5. The quantitative estimate of drug-likeness (QED) is 0.0219. The molecule has 0 saturated carbocycles. The summed E-state index contributed by atoms with van der Waals surface area (Å²) in [6.07, 6.45) is 10.5. The molecule has 0 saturated heterocycles. The Morgan fingerprint density at radius 1 is 0.516 bits per heavy atom.